The molecule has 0 spiro atoms. The van der Waals surface area contributed by atoms with E-state index < -0.39 is 5.97 Å². The molecule has 3 aromatic rings. The van der Waals surface area contributed by atoms with E-state index in [4.69, 9.17) is 25.9 Å². The molecule has 5 N–H and O–H groups in total. The van der Waals surface area contributed by atoms with E-state index in [0.29, 0.717) is 36.6 Å². The summed E-state index contributed by atoms with van der Waals surface area (Å²) in [4.78, 5) is 30.7. The van der Waals surface area contributed by atoms with Crippen LogP contribution in [0.5, 0.6) is 11.5 Å². The molecule has 0 saturated heterocycles. The second-order valence-corrected chi connectivity index (χ2v) is 9.92. The van der Waals surface area contributed by atoms with Gasteiger partial charge in [-0.1, -0.05) is 17.7 Å². The molecule has 0 radical (unpaired) electrons. The number of nitrogens with one attached hydrogen (secondary N) is 1. The second kappa shape index (κ2) is 12.2. The summed E-state index contributed by atoms with van der Waals surface area (Å²) >= 11 is 0. The number of methoxy groups -OCH3 is 2. The van der Waals surface area contributed by atoms with Gasteiger partial charge in [-0.05, 0) is 62.9 Å². The Balaban J connectivity index is 1.89. The molecule has 0 atom stereocenters. The Labute approximate surface area is 239 Å². The molecule has 2 heterocycles. The molecule has 41 heavy (non-hydrogen) atoms. The van der Waals surface area contributed by atoms with Gasteiger partial charge in [-0.25, -0.2) is 14.6 Å². The van der Waals surface area contributed by atoms with E-state index in [0.717, 1.165) is 39.2 Å². The third-order valence-electron chi connectivity index (χ3n) is 7.07. The number of esters is 1. The van der Waals surface area contributed by atoms with Crippen molar-refractivity contribution in [3.63, 3.8) is 0 Å². The molecule has 1 aliphatic rings. The summed E-state index contributed by atoms with van der Waals surface area (Å²) in [5.41, 5.74) is 18.4. The summed E-state index contributed by atoms with van der Waals surface area (Å²) < 4.78 is 19.4. The maximum Gasteiger partial charge on any atom is 0.357 e. The summed E-state index contributed by atoms with van der Waals surface area (Å²) in [6.07, 6.45) is 0.655. The molecule has 0 aliphatic carbocycles. The van der Waals surface area contributed by atoms with Gasteiger partial charge in [-0.15, -0.1) is 0 Å². The summed E-state index contributed by atoms with van der Waals surface area (Å²) in [7, 11) is 2.82. The van der Waals surface area contributed by atoms with Crippen molar-refractivity contribution in [2.75, 3.05) is 27.4 Å². The number of carbonyl (C=O) groups is 1. The van der Waals surface area contributed by atoms with E-state index in [9.17, 15) is 9.59 Å². The Morgan fingerprint density at radius 1 is 1.05 bits per heavy atom. The van der Waals surface area contributed by atoms with Gasteiger partial charge in [0.25, 0.3) is 0 Å². The lowest BCUT2D eigenvalue weighted by Gasteiger charge is -2.25. The first-order chi connectivity index (χ1) is 19.6. The molecule has 0 amide bonds. The van der Waals surface area contributed by atoms with E-state index in [2.05, 4.69) is 22.2 Å². The number of hydrogen-bond acceptors (Lipinski definition) is 9. The van der Waals surface area contributed by atoms with Crippen molar-refractivity contribution in [3.8, 4) is 22.8 Å². The van der Waals surface area contributed by atoms with Crippen LogP contribution in [0.4, 0.5) is 5.69 Å². The zero-order chi connectivity index (χ0) is 29.8. The van der Waals surface area contributed by atoms with Crippen LogP contribution >= 0.6 is 0 Å². The third-order valence-corrected chi connectivity index (χ3v) is 7.07. The molecule has 1 aliphatic heterocycles. The molecule has 218 valence electrons. The third kappa shape index (κ3) is 5.93. The van der Waals surface area contributed by atoms with Crippen molar-refractivity contribution in [3.05, 3.63) is 80.1 Å². The van der Waals surface area contributed by atoms with E-state index in [1.54, 1.807) is 16.2 Å². The van der Waals surface area contributed by atoms with Crippen molar-refractivity contribution >= 4 is 11.7 Å². The lowest BCUT2D eigenvalue weighted by molar-refractivity contribution is -0.136. The van der Waals surface area contributed by atoms with Gasteiger partial charge < -0.3 is 31.0 Å². The van der Waals surface area contributed by atoms with Crippen molar-refractivity contribution in [2.45, 2.75) is 47.2 Å². The van der Waals surface area contributed by atoms with Gasteiger partial charge in [0.2, 0.25) is 0 Å². The van der Waals surface area contributed by atoms with Gasteiger partial charge in [0.15, 0.2) is 17.2 Å². The molecule has 11 nitrogen and oxygen atoms in total. The zero-order valence-corrected chi connectivity index (χ0v) is 24.5. The molecule has 1 aromatic heterocycles. The van der Waals surface area contributed by atoms with Crippen LogP contribution in [0.2, 0.25) is 0 Å². The first-order valence-electron chi connectivity index (χ1n) is 13.5. The summed E-state index contributed by atoms with van der Waals surface area (Å²) in [6.45, 7) is 9.43. The van der Waals surface area contributed by atoms with E-state index in [1.807, 2.05) is 45.9 Å². The van der Waals surface area contributed by atoms with Crippen LogP contribution in [0.15, 0.2) is 51.6 Å². The fraction of sp³-hybridized carbons (Fsp3) is 0.367. The van der Waals surface area contributed by atoms with Crippen molar-refractivity contribution in [1.29, 1.82) is 0 Å². The SMILES string of the molecule is CCOc1cc2c(cc1OC)-c1cc(=Nc3c(C)cc(C)cc3C)n(CCN/C(N)=C(/N)C(=O)OC)c(=O)n1CC2. The van der Waals surface area contributed by atoms with Crippen LogP contribution in [0.3, 0.4) is 0 Å². The monoisotopic (exact) mass is 562 g/mol. The molecule has 0 unspecified atom stereocenters. The molecule has 11 heteroatoms. The van der Waals surface area contributed by atoms with Crippen molar-refractivity contribution < 1.29 is 19.0 Å². The molecule has 0 saturated carbocycles. The van der Waals surface area contributed by atoms with Crippen LogP contribution in [-0.2, 0) is 29.0 Å². The second-order valence-electron chi connectivity index (χ2n) is 9.92. The van der Waals surface area contributed by atoms with Gasteiger partial charge in [0.05, 0.1) is 32.2 Å². The topological polar surface area (TPSA) is 148 Å². The van der Waals surface area contributed by atoms with Crippen LogP contribution in [0.1, 0.15) is 29.2 Å². The maximum absolute atomic E-state index is 14.0. The van der Waals surface area contributed by atoms with Crippen molar-refractivity contribution in [2.24, 2.45) is 16.5 Å². The molecule has 4 rings (SSSR count). The van der Waals surface area contributed by atoms with Crippen molar-refractivity contribution in [1.82, 2.24) is 14.5 Å². The first kappa shape index (κ1) is 29.3. The minimum absolute atomic E-state index is 0.0228. The summed E-state index contributed by atoms with van der Waals surface area (Å²) in [6, 6.07) is 9.98. The fourth-order valence-corrected chi connectivity index (χ4v) is 5.16. The van der Waals surface area contributed by atoms with E-state index >= 15 is 0 Å². The Morgan fingerprint density at radius 2 is 1.76 bits per heavy atom. The number of ether oxygens (including phenoxy) is 3. The van der Waals surface area contributed by atoms with Crippen LogP contribution in [0.25, 0.3) is 11.3 Å². The largest absolute Gasteiger partial charge is 0.493 e. The minimum atomic E-state index is -0.737. The number of nitrogens with zero attached hydrogens (tertiary/aromatic N) is 3. The number of nitrogens with two attached hydrogens (primary N) is 2. The minimum Gasteiger partial charge on any atom is -0.493 e. The van der Waals surface area contributed by atoms with Gasteiger partial charge in [0, 0.05) is 31.3 Å². The molecular formula is C30H38N6O5. The van der Waals surface area contributed by atoms with E-state index in [-0.39, 0.29) is 30.3 Å². The smallest absolute Gasteiger partial charge is 0.357 e. The normalized spacial score (nSPS) is 13.2. The van der Waals surface area contributed by atoms with Gasteiger partial charge in [-0.3, -0.25) is 9.13 Å². The number of rotatable bonds is 9. The maximum atomic E-state index is 14.0. The molecule has 0 fully saturated rings. The van der Waals surface area contributed by atoms with E-state index in [1.165, 1.54) is 7.11 Å². The first-order valence-corrected chi connectivity index (χ1v) is 13.5. The molecular weight excluding hydrogens is 524 g/mol. The quantitative estimate of drug-likeness (QED) is 0.266. The highest BCUT2D eigenvalue weighted by Crippen LogP contribution is 2.37. The predicted octanol–water partition coefficient (Wildman–Crippen LogP) is 2.29. The lowest BCUT2D eigenvalue weighted by atomic mass is 9.97. The average Bonchev–Trinajstić information content (AvgIpc) is 2.94. The number of hydrogen-bond donors (Lipinski definition) is 3. The highest BCUT2D eigenvalue weighted by atomic mass is 16.5. The summed E-state index contributed by atoms with van der Waals surface area (Å²) in [5, 5.41) is 2.91. The highest BCUT2D eigenvalue weighted by molar-refractivity contribution is 5.87. The number of aryl methyl sites for hydroxylation is 4. The lowest BCUT2D eigenvalue weighted by Crippen LogP contribution is -2.44. The van der Waals surface area contributed by atoms with Gasteiger partial charge in [0.1, 0.15) is 11.3 Å². The Kier molecular flexibility index (Phi) is 8.75. The number of fused-ring (bicyclic) bond motifs is 3. The summed E-state index contributed by atoms with van der Waals surface area (Å²) in [5.74, 6) is 0.514. The number of aromatic nitrogens is 2. The Hall–Kier alpha value is -4.67. The standard InChI is InChI=1S/C30H38N6O5/c1-7-41-24-14-20-8-10-35-22(21(20)15-23(24)39-5)16-25(34-27-18(3)12-17(2)13-19(27)4)36(30(35)38)11-9-33-28(32)26(31)29(37)40-6/h12-16,33H,7-11,31-32H2,1-6H3/b28-26+,34-25?. The van der Waals surface area contributed by atoms with Crippen LogP contribution in [-0.4, -0.2) is 42.5 Å². The van der Waals surface area contributed by atoms with Crippen LogP contribution in [0, 0.1) is 20.8 Å². The zero-order valence-electron chi connectivity index (χ0n) is 24.5. The Morgan fingerprint density at radius 3 is 2.39 bits per heavy atom. The highest BCUT2D eigenvalue weighted by Gasteiger charge is 2.23. The van der Waals surface area contributed by atoms with Gasteiger partial charge >= 0.3 is 11.7 Å². The number of benzene rings is 2. The van der Waals surface area contributed by atoms with Gasteiger partial charge in [-0.2, -0.15) is 0 Å². The fourth-order valence-electron chi connectivity index (χ4n) is 5.16. The van der Waals surface area contributed by atoms with Crippen LogP contribution < -0.4 is 37.4 Å². The predicted molar refractivity (Wildman–Crippen MR) is 157 cm³/mol. The number of carbonyl (C=O) groups excluding carboxylic acids is 1. The average molecular weight is 563 g/mol. The Bertz CT molecular complexity index is 1630. The molecule has 2 aromatic carbocycles. The molecule has 0 bridgehead atoms.